The normalized spacial score (nSPS) is 9.96. The zero-order valence-corrected chi connectivity index (χ0v) is 12.4. The van der Waals surface area contributed by atoms with E-state index in [9.17, 15) is 14.9 Å². The first kappa shape index (κ1) is 16.1. The second kappa shape index (κ2) is 7.69. The molecule has 2 aromatic rings. The number of rotatable bonds is 7. The number of para-hydroxylation sites is 1. The zero-order valence-electron chi connectivity index (χ0n) is 12.4. The number of nitrogens with zero attached hydrogens (tertiary/aromatic N) is 3. The molecule has 2 N–H and O–H groups in total. The molecular formula is C14H15N5O4. The molecular weight excluding hydrogens is 302 g/mol. The molecule has 0 fully saturated rings. The first-order chi connectivity index (χ1) is 11.1. The number of esters is 1. The van der Waals surface area contributed by atoms with Gasteiger partial charge in [-0.25, -0.2) is 4.98 Å². The SMILES string of the molecule is CCOC(=O)CNc1nc(Nc2ccccc2)ncc1[N+](=O)[O-]. The van der Waals surface area contributed by atoms with E-state index in [1.165, 1.54) is 0 Å². The van der Waals surface area contributed by atoms with Crippen LogP contribution in [0.2, 0.25) is 0 Å². The van der Waals surface area contributed by atoms with Gasteiger partial charge >= 0.3 is 11.7 Å². The Morgan fingerprint density at radius 2 is 2.09 bits per heavy atom. The van der Waals surface area contributed by atoms with E-state index < -0.39 is 10.9 Å². The van der Waals surface area contributed by atoms with E-state index in [2.05, 4.69) is 20.6 Å². The van der Waals surface area contributed by atoms with Crippen LogP contribution in [0.3, 0.4) is 0 Å². The molecule has 9 nitrogen and oxygen atoms in total. The lowest BCUT2D eigenvalue weighted by Crippen LogP contribution is -2.18. The lowest BCUT2D eigenvalue weighted by atomic mass is 10.3. The van der Waals surface area contributed by atoms with Crippen LogP contribution < -0.4 is 10.6 Å². The van der Waals surface area contributed by atoms with E-state index in [1.807, 2.05) is 18.2 Å². The largest absolute Gasteiger partial charge is 0.465 e. The highest BCUT2D eigenvalue weighted by Gasteiger charge is 2.18. The summed E-state index contributed by atoms with van der Waals surface area (Å²) < 4.78 is 4.76. The summed E-state index contributed by atoms with van der Waals surface area (Å²) in [6.45, 7) is 1.68. The van der Waals surface area contributed by atoms with E-state index in [4.69, 9.17) is 4.74 Å². The fourth-order valence-corrected chi connectivity index (χ4v) is 1.72. The molecule has 0 unspecified atom stereocenters. The first-order valence-corrected chi connectivity index (χ1v) is 6.83. The highest BCUT2D eigenvalue weighted by atomic mass is 16.6. The van der Waals surface area contributed by atoms with E-state index in [-0.39, 0.29) is 30.6 Å². The van der Waals surface area contributed by atoms with Crippen LogP contribution in [0.5, 0.6) is 0 Å². The number of aromatic nitrogens is 2. The molecule has 0 amide bonds. The molecule has 23 heavy (non-hydrogen) atoms. The number of nitrogens with one attached hydrogen (secondary N) is 2. The molecule has 0 aliphatic rings. The van der Waals surface area contributed by atoms with Crippen LogP contribution in [0.15, 0.2) is 36.5 Å². The van der Waals surface area contributed by atoms with E-state index in [0.29, 0.717) is 0 Å². The van der Waals surface area contributed by atoms with Crippen molar-refractivity contribution in [2.45, 2.75) is 6.92 Å². The minimum Gasteiger partial charge on any atom is -0.465 e. The third-order valence-corrected chi connectivity index (χ3v) is 2.70. The second-order valence-electron chi connectivity index (χ2n) is 4.33. The van der Waals surface area contributed by atoms with Crippen LogP contribution in [0.4, 0.5) is 23.1 Å². The van der Waals surface area contributed by atoms with Crippen molar-refractivity contribution >= 4 is 29.1 Å². The summed E-state index contributed by atoms with van der Waals surface area (Å²) in [5.74, 6) is -0.414. The summed E-state index contributed by atoms with van der Waals surface area (Å²) in [4.78, 5) is 29.7. The maximum absolute atomic E-state index is 11.4. The summed E-state index contributed by atoms with van der Waals surface area (Å²) in [6.07, 6.45) is 1.08. The maximum atomic E-state index is 11.4. The number of carbonyl (C=O) groups is 1. The molecule has 0 spiro atoms. The van der Waals surface area contributed by atoms with Crippen LogP contribution in [-0.4, -0.2) is 34.0 Å². The topological polar surface area (TPSA) is 119 Å². The number of benzene rings is 1. The Kier molecular flexibility index (Phi) is 5.40. The van der Waals surface area contributed by atoms with E-state index in [0.717, 1.165) is 11.9 Å². The molecule has 0 saturated carbocycles. The molecule has 120 valence electrons. The molecule has 1 heterocycles. The Morgan fingerprint density at radius 1 is 1.35 bits per heavy atom. The summed E-state index contributed by atoms with van der Waals surface area (Å²) in [7, 11) is 0. The van der Waals surface area contributed by atoms with Gasteiger partial charge in [0.05, 0.1) is 11.5 Å². The smallest absolute Gasteiger partial charge is 0.329 e. The number of anilines is 3. The van der Waals surface area contributed by atoms with Gasteiger partial charge in [-0.05, 0) is 19.1 Å². The molecule has 2 rings (SSSR count). The van der Waals surface area contributed by atoms with E-state index >= 15 is 0 Å². The Morgan fingerprint density at radius 3 is 2.74 bits per heavy atom. The minimum absolute atomic E-state index is 0.0588. The quantitative estimate of drug-likeness (QED) is 0.452. The van der Waals surface area contributed by atoms with Gasteiger partial charge in [0.25, 0.3) is 0 Å². The third-order valence-electron chi connectivity index (χ3n) is 2.70. The summed E-state index contributed by atoms with van der Waals surface area (Å²) >= 11 is 0. The van der Waals surface area contributed by atoms with Gasteiger partial charge in [-0.3, -0.25) is 14.9 Å². The molecule has 0 bridgehead atoms. The lowest BCUT2D eigenvalue weighted by molar-refractivity contribution is -0.384. The fraction of sp³-hybridized carbons (Fsp3) is 0.214. The van der Waals surface area contributed by atoms with Crippen LogP contribution in [-0.2, 0) is 9.53 Å². The van der Waals surface area contributed by atoms with Gasteiger partial charge in [0.2, 0.25) is 11.8 Å². The molecule has 0 aliphatic heterocycles. The van der Waals surface area contributed by atoms with Crippen LogP contribution in [0, 0.1) is 10.1 Å². The third kappa shape index (κ3) is 4.63. The predicted molar refractivity (Wildman–Crippen MR) is 83.5 cm³/mol. The van der Waals surface area contributed by atoms with Gasteiger partial charge in [0.15, 0.2) is 0 Å². The van der Waals surface area contributed by atoms with Crippen molar-refractivity contribution in [3.8, 4) is 0 Å². The Labute approximate surface area is 131 Å². The van der Waals surface area contributed by atoms with Gasteiger partial charge in [0, 0.05) is 5.69 Å². The van der Waals surface area contributed by atoms with Gasteiger partial charge < -0.3 is 15.4 Å². The maximum Gasteiger partial charge on any atom is 0.329 e. The average Bonchev–Trinajstić information content (AvgIpc) is 2.54. The number of nitro groups is 1. The van der Waals surface area contributed by atoms with Crippen molar-refractivity contribution in [2.24, 2.45) is 0 Å². The van der Waals surface area contributed by atoms with Gasteiger partial charge in [-0.15, -0.1) is 0 Å². The Balaban J connectivity index is 2.18. The summed E-state index contributed by atoms with van der Waals surface area (Å²) in [5, 5.41) is 16.5. The van der Waals surface area contributed by atoms with Gasteiger partial charge in [-0.2, -0.15) is 4.98 Å². The molecule has 0 atom stereocenters. The lowest BCUT2D eigenvalue weighted by Gasteiger charge is -2.08. The van der Waals surface area contributed by atoms with Crippen LogP contribution in [0.25, 0.3) is 0 Å². The van der Waals surface area contributed by atoms with Crippen LogP contribution in [0.1, 0.15) is 6.92 Å². The fourth-order valence-electron chi connectivity index (χ4n) is 1.72. The number of hydrogen-bond acceptors (Lipinski definition) is 8. The Hall–Kier alpha value is -3.23. The Bertz CT molecular complexity index is 693. The number of ether oxygens (including phenoxy) is 1. The van der Waals surface area contributed by atoms with Crippen molar-refractivity contribution in [3.63, 3.8) is 0 Å². The molecule has 9 heteroatoms. The van der Waals surface area contributed by atoms with E-state index in [1.54, 1.807) is 19.1 Å². The van der Waals surface area contributed by atoms with Crippen molar-refractivity contribution in [1.29, 1.82) is 0 Å². The van der Waals surface area contributed by atoms with Crippen molar-refractivity contribution in [2.75, 3.05) is 23.8 Å². The van der Waals surface area contributed by atoms with Gasteiger partial charge in [0.1, 0.15) is 12.7 Å². The number of carbonyl (C=O) groups excluding carboxylic acids is 1. The van der Waals surface area contributed by atoms with Crippen molar-refractivity contribution in [1.82, 2.24) is 9.97 Å². The standard InChI is InChI=1S/C14H15N5O4/c1-2-23-12(20)9-15-13-11(19(21)22)8-16-14(18-13)17-10-6-4-3-5-7-10/h3-8H,2,9H2,1H3,(H2,15,16,17,18). The molecule has 1 aromatic heterocycles. The molecule has 0 radical (unpaired) electrons. The second-order valence-corrected chi connectivity index (χ2v) is 4.33. The molecule has 1 aromatic carbocycles. The predicted octanol–water partition coefficient (Wildman–Crippen LogP) is 2.10. The minimum atomic E-state index is -0.625. The monoisotopic (exact) mass is 317 g/mol. The highest BCUT2D eigenvalue weighted by molar-refractivity contribution is 5.76. The van der Waals surface area contributed by atoms with Crippen LogP contribution >= 0.6 is 0 Å². The molecule has 0 saturated heterocycles. The highest BCUT2D eigenvalue weighted by Crippen LogP contribution is 2.23. The number of hydrogen-bond donors (Lipinski definition) is 2. The summed E-state index contributed by atoms with van der Waals surface area (Å²) in [6, 6.07) is 9.11. The van der Waals surface area contributed by atoms with Gasteiger partial charge in [-0.1, -0.05) is 18.2 Å². The summed E-state index contributed by atoms with van der Waals surface area (Å²) in [5.41, 5.74) is 0.408. The average molecular weight is 317 g/mol. The van der Waals surface area contributed by atoms with Crippen molar-refractivity contribution in [3.05, 3.63) is 46.6 Å². The first-order valence-electron chi connectivity index (χ1n) is 6.83. The molecule has 0 aliphatic carbocycles. The van der Waals surface area contributed by atoms with Crippen molar-refractivity contribution < 1.29 is 14.5 Å². The zero-order chi connectivity index (χ0) is 16.7.